The number of aliphatic hydroxyl groups is 1. The number of carbonyl (C=O) groups excluding carboxylic acids is 1. The van der Waals surface area contributed by atoms with E-state index in [2.05, 4.69) is 65.6 Å². The summed E-state index contributed by atoms with van der Waals surface area (Å²) in [6.45, 7) is 5.78. The number of ether oxygens (including phenoxy) is 3. The highest BCUT2D eigenvalue weighted by Crippen LogP contribution is 2.38. The number of amides is 2. The quantitative estimate of drug-likeness (QED) is 0.109. The molecule has 1 heterocycles. The highest BCUT2D eigenvalue weighted by atomic mass is 16.7. The van der Waals surface area contributed by atoms with Gasteiger partial charge in [-0.25, -0.2) is 4.79 Å². The van der Waals surface area contributed by atoms with Crippen molar-refractivity contribution in [3.63, 3.8) is 0 Å². The van der Waals surface area contributed by atoms with E-state index >= 15 is 0 Å². The fourth-order valence-corrected chi connectivity index (χ4v) is 5.96. The van der Waals surface area contributed by atoms with Crippen LogP contribution >= 0.6 is 0 Å². The van der Waals surface area contributed by atoms with Gasteiger partial charge in [0.2, 0.25) is 0 Å². The summed E-state index contributed by atoms with van der Waals surface area (Å²) in [5.74, 6) is 1.45. The molecule has 1 aliphatic heterocycles. The molecule has 5 aromatic carbocycles. The first-order valence-electron chi connectivity index (χ1n) is 16.8. The first-order valence-corrected chi connectivity index (χ1v) is 16.8. The summed E-state index contributed by atoms with van der Waals surface area (Å²) in [7, 11) is 2.06. The number of carbonyl (C=O) groups is 1. The Morgan fingerprint density at radius 3 is 2.28 bits per heavy atom. The molecule has 3 N–H and O–H groups in total. The van der Waals surface area contributed by atoms with Crippen molar-refractivity contribution in [3.05, 3.63) is 162 Å². The lowest BCUT2D eigenvalue weighted by molar-refractivity contribution is -0.252. The number of anilines is 1. The molecule has 256 valence electrons. The van der Waals surface area contributed by atoms with Crippen LogP contribution in [-0.4, -0.2) is 42.3 Å². The number of hydrogen-bond acceptors (Lipinski definition) is 6. The van der Waals surface area contributed by atoms with E-state index in [0.717, 1.165) is 58.6 Å². The monoisotopic (exact) mass is 669 g/mol. The fraction of sp³-hybridized carbons (Fsp3) is 0.214. The lowest BCUT2D eigenvalue weighted by Crippen LogP contribution is -2.37. The number of nitrogens with zero attached hydrogens (tertiary/aromatic N) is 1. The second-order valence-corrected chi connectivity index (χ2v) is 12.4. The van der Waals surface area contributed by atoms with Gasteiger partial charge >= 0.3 is 6.03 Å². The van der Waals surface area contributed by atoms with Gasteiger partial charge in [0.1, 0.15) is 11.5 Å². The first kappa shape index (κ1) is 34.6. The lowest BCUT2D eigenvalue weighted by atomic mass is 9.99. The molecule has 5 aromatic rings. The smallest absolute Gasteiger partial charge is 0.319 e. The second kappa shape index (κ2) is 16.9. The maximum Gasteiger partial charge on any atom is 0.319 e. The van der Waals surface area contributed by atoms with Crippen LogP contribution in [0.5, 0.6) is 11.5 Å². The molecule has 0 saturated carbocycles. The normalized spacial score (nSPS) is 17.2. The number of aliphatic hydroxyl groups excluding tert-OH is 1. The summed E-state index contributed by atoms with van der Waals surface area (Å²) in [5, 5.41) is 15.3. The topological polar surface area (TPSA) is 92.3 Å². The van der Waals surface area contributed by atoms with Crippen molar-refractivity contribution >= 4 is 11.7 Å². The van der Waals surface area contributed by atoms with Crippen LogP contribution in [0.25, 0.3) is 11.1 Å². The van der Waals surface area contributed by atoms with Gasteiger partial charge in [-0.05, 0) is 77.3 Å². The van der Waals surface area contributed by atoms with Crippen LogP contribution in [0.15, 0.2) is 140 Å². The van der Waals surface area contributed by atoms with Crippen molar-refractivity contribution in [2.75, 3.05) is 25.5 Å². The summed E-state index contributed by atoms with van der Waals surface area (Å²) in [4.78, 5) is 14.9. The standard InChI is InChI=1S/C42H43N3O5/c1-3-24-45(2)28-39-26-40(33-14-12-30(29-46)13-15-33)50-41(49-39)34-18-16-32(17-19-34)35-9-7-8-31(25-35)27-43-42(47)44-36-20-22-38(23-21-36)48-37-10-5-4-6-11-37/h3-23,25,39-41,46H,1,24,26-29H2,2H3,(H2,43,44,47)/t39-,40+,41+/m1/s1. The van der Waals surface area contributed by atoms with Crippen molar-refractivity contribution in [1.82, 2.24) is 10.2 Å². The van der Waals surface area contributed by atoms with Gasteiger partial charge in [-0.3, -0.25) is 0 Å². The molecule has 0 aromatic heterocycles. The largest absolute Gasteiger partial charge is 0.457 e. The number of para-hydroxylation sites is 1. The van der Waals surface area contributed by atoms with Gasteiger partial charge < -0.3 is 34.9 Å². The van der Waals surface area contributed by atoms with Crippen molar-refractivity contribution in [1.29, 1.82) is 0 Å². The van der Waals surface area contributed by atoms with Crippen LogP contribution in [-0.2, 0) is 22.6 Å². The molecule has 0 bridgehead atoms. The predicted molar refractivity (Wildman–Crippen MR) is 197 cm³/mol. The molecule has 2 amide bonds. The first-order chi connectivity index (χ1) is 24.4. The van der Waals surface area contributed by atoms with E-state index in [4.69, 9.17) is 14.2 Å². The molecule has 0 aliphatic carbocycles. The molecule has 1 fully saturated rings. The van der Waals surface area contributed by atoms with E-state index in [1.165, 1.54) is 0 Å². The fourth-order valence-electron chi connectivity index (χ4n) is 5.96. The van der Waals surface area contributed by atoms with Gasteiger partial charge in [0, 0.05) is 37.3 Å². The molecule has 0 radical (unpaired) electrons. The van der Waals surface area contributed by atoms with Gasteiger partial charge in [-0.15, -0.1) is 6.58 Å². The minimum Gasteiger partial charge on any atom is -0.457 e. The zero-order chi connectivity index (χ0) is 34.7. The van der Waals surface area contributed by atoms with Gasteiger partial charge in [-0.2, -0.15) is 0 Å². The Bertz CT molecular complexity index is 1830. The third-order valence-corrected chi connectivity index (χ3v) is 8.56. The lowest BCUT2D eigenvalue weighted by Gasteiger charge is -2.37. The predicted octanol–water partition coefficient (Wildman–Crippen LogP) is 8.62. The number of benzene rings is 5. The van der Waals surface area contributed by atoms with Crippen molar-refractivity contribution in [3.8, 4) is 22.6 Å². The Balaban J connectivity index is 1.06. The van der Waals surface area contributed by atoms with Crippen LogP contribution in [0, 0.1) is 0 Å². The summed E-state index contributed by atoms with van der Waals surface area (Å²) >= 11 is 0. The minimum atomic E-state index is -0.524. The molecule has 3 atom stereocenters. The van der Waals surface area contributed by atoms with Gasteiger partial charge in [0.25, 0.3) is 0 Å². The summed E-state index contributed by atoms with van der Waals surface area (Å²) in [6, 6.07) is 40.8. The summed E-state index contributed by atoms with van der Waals surface area (Å²) in [6.07, 6.45) is 1.92. The zero-order valence-corrected chi connectivity index (χ0v) is 28.2. The van der Waals surface area contributed by atoms with Crippen LogP contribution in [0.1, 0.15) is 41.1 Å². The summed E-state index contributed by atoms with van der Waals surface area (Å²) < 4.78 is 18.8. The highest BCUT2D eigenvalue weighted by molar-refractivity contribution is 5.89. The maximum absolute atomic E-state index is 12.7. The molecule has 1 saturated heterocycles. The second-order valence-electron chi connectivity index (χ2n) is 12.4. The average Bonchev–Trinajstić information content (AvgIpc) is 3.15. The molecular weight excluding hydrogens is 626 g/mol. The Morgan fingerprint density at radius 1 is 0.840 bits per heavy atom. The molecule has 0 unspecified atom stereocenters. The van der Waals surface area contributed by atoms with E-state index < -0.39 is 6.29 Å². The molecular formula is C42H43N3O5. The zero-order valence-electron chi connectivity index (χ0n) is 28.2. The van der Waals surface area contributed by atoms with Crippen LogP contribution in [0.2, 0.25) is 0 Å². The van der Waals surface area contributed by atoms with E-state index in [1.54, 1.807) is 0 Å². The highest BCUT2D eigenvalue weighted by Gasteiger charge is 2.32. The molecule has 6 rings (SSSR count). The molecule has 1 aliphatic rings. The molecule has 8 nitrogen and oxygen atoms in total. The maximum atomic E-state index is 12.7. The van der Waals surface area contributed by atoms with E-state index in [-0.39, 0.29) is 24.8 Å². The number of likely N-dealkylation sites (N-methyl/N-ethyl adjacent to an activating group) is 1. The third-order valence-electron chi connectivity index (χ3n) is 8.56. The SMILES string of the molecule is C=CCN(C)C[C@H]1C[C@@H](c2ccc(CO)cc2)O[C@@H](c2ccc(-c3cccc(CNC(=O)Nc4ccc(Oc5ccccc5)cc4)c3)cc2)O1. The molecule has 50 heavy (non-hydrogen) atoms. The van der Waals surface area contributed by atoms with Gasteiger partial charge in [0.15, 0.2) is 6.29 Å². The van der Waals surface area contributed by atoms with Crippen molar-refractivity contribution in [2.24, 2.45) is 0 Å². The van der Waals surface area contributed by atoms with Crippen LogP contribution < -0.4 is 15.4 Å². The number of urea groups is 1. The number of nitrogens with one attached hydrogen (secondary N) is 2. The Kier molecular flexibility index (Phi) is 11.7. The molecule has 8 heteroatoms. The van der Waals surface area contributed by atoms with Gasteiger partial charge in [-0.1, -0.05) is 91.0 Å². The number of hydrogen-bond donors (Lipinski definition) is 3. The average molecular weight is 670 g/mol. The van der Waals surface area contributed by atoms with Crippen LogP contribution in [0.4, 0.5) is 10.5 Å². The van der Waals surface area contributed by atoms with Crippen LogP contribution in [0.3, 0.4) is 0 Å². The van der Waals surface area contributed by atoms with E-state index in [0.29, 0.717) is 18.0 Å². The summed E-state index contributed by atoms with van der Waals surface area (Å²) in [5.41, 5.74) is 6.62. The van der Waals surface area contributed by atoms with Crippen molar-refractivity contribution in [2.45, 2.75) is 38.1 Å². The Hall–Kier alpha value is -5.25. The van der Waals surface area contributed by atoms with E-state index in [9.17, 15) is 9.90 Å². The molecule has 0 spiro atoms. The van der Waals surface area contributed by atoms with Gasteiger partial charge in [0.05, 0.1) is 18.8 Å². The minimum absolute atomic E-state index is 0.00915. The third kappa shape index (κ3) is 9.46. The van der Waals surface area contributed by atoms with Crippen molar-refractivity contribution < 1.29 is 24.1 Å². The Morgan fingerprint density at radius 2 is 1.56 bits per heavy atom. The van der Waals surface area contributed by atoms with E-state index in [1.807, 2.05) is 97.1 Å². The Labute approximate surface area is 293 Å². The number of rotatable bonds is 13.